The predicted molar refractivity (Wildman–Crippen MR) is 64.2 cm³/mol. The maximum absolute atomic E-state index is 11.8. The number of hydrogen-bond acceptors (Lipinski definition) is 3. The van der Waals surface area contributed by atoms with Crippen molar-refractivity contribution in [3.05, 3.63) is 11.3 Å². The normalized spacial score (nSPS) is 22.7. The summed E-state index contributed by atoms with van der Waals surface area (Å²) in [6, 6.07) is 0. The Kier molecular flexibility index (Phi) is 3.81. The zero-order valence-electron chi connectivity index (χ0n) is 8.95. The molecule has 0 spiro atoms. The van der Waals surface area contributed by atoms with E-state index in [0.717, 1.165) is 4.90 Å². The lowest BCUT2D eigenvalue weighted by molar-refractivity contribution is -0.167. The number of carbonyl (C=O) groups excluding carboxylic acids is 1. The van der Waals surface area contributed by atoms with Gasteiger partial charge in [0.05, 0.1) is 0 Å². The number of halogens is 2. The van der Waals surface area contributed by atoms with Crippen LogP contribution in [0, 0.1) is 0 Å². The van der Waals surface area contributed by atoms with Crippen LogP contribution in [0.2, 0.25) is 0 Å². The Balaban J connectivity index is 3.12. The first-order valence-electron chi connectivity index (χ1n) is 4.40. The predicted octanol–water partition coefficient (Wildman–Crippen LogP) is 1.67. The van der Waals surface area contributed by atoms with Crippen LogP contribution in [-0.4, -0.2) is 38.5 Å². The highest BCUT2D eigenvalue weighted by Gasteiger charge is 2.61. The van der Waals surface area contributed by atoms with Crippen LogP contribution in [0.25, 0.3) is 0 Å². The van der Waals surface area contributed by atoms with Crippen molar-refractivity contribution in [2.75, 3.05) is 7.11 Å². The van der Waals surface area contributed by atoms with Gasteiger partial charge in [0.2, 0.25) is 3.23 Å². The first-order valence-corrected chi connectivity index (χ1v) is 5.98. The van der Waals surface area contributed by atoms with E-state index in [0.29, 0.717) is 5.57 Å². The highest BCUT2D eigenvalue weighted by atomic mass is 79.9. The van der Waals surface area contributed by atoms with Gasteiger partial charge in [0.15, 0.2) is 6.23 Å². The third-order valence-electron chi connectivity index (χ3n) is 2.19. The van der Waals surface area contributed by atoms with Crippen LogP contribution in [0.1, 0.15) is 13.8 Å². The van der Waals surface area contributed by atoms with E-state index >= 15 is 0 Å². The summed E-state index contributed by atoms with van der Waals surface area (Å²) in [5.41, 5.74) is 0.491. The second-order valence-corrected chi connectivity index (χ2v) is 7.11. The Morgan fingerprint density at radius 1 is 1.50 bits per heavy atom. The van der Waals surface area contributed by atoms with Gasteiger partial charge in [0, 0.05) is 7.11 Å². The van der Waals surface area contributed by atoms with Gasteiger partial charge in [-0.25, -0.2) is 4.79 Å². The zero-order chi connectivity index (χ0) is 12.7. The lowest BCUT2D eigenvalue weighted by Crippen LogP contribution is -2.68. The number of likely N-dealkylation sites (tertiary alicyclic amines) is 1. The fourth-order valence-electron chi connectivity index (χ4n) is 1.50. The van der Waals surface area contributed by atoms with Crippen LogP contribution in [0.4, 0.5) is 0 Å². The van der Waals surface area contributed by atoms with E-state index in [9.17, 15) is 9.59 Å². The van der Waals surface area contributed by atoms with Gasteiger partial charge < -0.3 is 9.84 Å². The number of allylic oxidation sites excluding steroid dienone is 1. The summed E-state index contributed by atoms with van der Waals surface area (Å²) < 4.78 is 4.04. The molecule has 1 heterocycles. The SMILES string of the molecule is CO[C@H]1N(C(C(=O)O)=C(C)C)C(=O)C1(Br)Br. The van der Waals surface area contributed by atoms with Crippen molar-refractivity contribution in [1.29, 1.82) is 0 Å². The molecule has 16 heavy (non-hydrogen) atoms. The van der Waals surface area contributed by atoms with Gasteiger partial charge in [0.25, 0.3) is 5.91 Å². The fourth-order valence-corrected chi connectivity index (χ4v) is 2.66. The third-order valence-corrected chi connectivity index (χ3v) is 3.65. The van der Waals surface area contributed by atoms with Crippen LogP contribution in [0.3, 0.4) is 0 Å². The van der Waals surface area contributed by atoms with Crippen molar-refractivity contribution in [3.63, 3.8) is 0 Å². The van der Waals surface area contributed by atoms with E-state index in [1.54, 1.807) is 13.8 Å². The number of methoxy groups -OCH3 is 1. The Morgan fingerprint density at radius 3 is 2.31 bits per heavy atom. The number of alkyl halides is 2. The number of hydrogen-bond donors (Lipinski definition) is 1. The molecule has 0 aliphatic carbocycles. The lowest BCUT2D eigenvalue weighted by Gasteiger charge is -2.48. The first-order chi connectivity index (χ1) is 7.25. The molecule has 90 valence electrons. The molecular formula is C9H11Br2NO4. The van der Waals surface area contributed by atoms with E-state index in [-0.39, 0.29) is 5.70 Å². The maximum atomic E-state index is 11.8. The van der Waals surface area contributed by atoms with Gasteiger partial charge in [-0.15, -0.1) is 0 Å². The molecule has 7 heteroatoms. The number of aliphatic carboxylic acids is 1. The summed E-state index contributed by atoms with van der Waals surface area (Å²) in [6.07, 6.45) is -0.680. The molecule has 0 aromatic heterocycles. The Hall–Kier alpha value is -0.400. The summed E-state index contributed by atoms with van der Waals surface area (Å²) in [5, 5.41) is 9.04. The molecule has 0 bridgehead atoms. The average Bonchev–Trinajstić information content (AvgIpc) is 2.15. The number of ether oxygens (including phenoxy) is 1. The van der Waals surface area contributed by atoms with E-state index in [4.69, 9.17) is 9.84 Å². The standard InChI is InChI=1S/C9H11Br2NO4/c1-4(2)5(6(13)14)12-7(15)9(10,11)8(12)16-3/h8H,1-3H3,(H,13,14)/t8-/m1/s1. The number of β-lactam (4-membered cyclic amide) rings is 1. The van der Waals surface area contributed by atoms with Gasteiger partial charge in [0.1, 0.15) is 5.70 Å². The smallest absolute Gasteiger partial charge is 0.352 e. The van der Waals surface area contributed by atoms with E-state index < -0.39 is 21.3 Å². The van der Waals surface area contributed by atoms with Gasteiger partial charge in [-0.05, 0) is 19.4 Å². The summed E-state index contributed by atoms with van der Waals surface area (Å²) in [5.74, 6) is -1.54. The van der Waals surface area contributed by atoms with Gasteiger partial charge in [-0.1, -0.05) is 31.9 Å². The molecule has 0 radical (unpaired) electrons. The summed E-state index contributed by atoms with van der Waals surface area (Å²) in [7, 11) is 1.41. The highest BCUT2D eigenvalue weighted by molar-refractivity contribution is 9.26. The lowest BCUT2D eigenvalue weighted by atomic mass is 10.1. The Bertz CT molecular complexity index is 374. The molecule has 1 saturated heterocycles. The second kappa shape index (κ2) is 4.46. The molecule has 0 saturated carbocycles. The molecule has 0 aromatic carbocycles. The van der Waals surface area contributed by atoms with Crippen molar-refractivity contribution in [2.45, 2.75) is 23.3 Å². The molecule has 1 fully saturated rings. The monoisotopic (exact) mass is 355 g/mol. The van der Waals surface area contributed by atoms with E-state index in [1.807, 2.05) is 0 Å². The summed E-state index contributed by atoms with van der Waals surface area (Å²) >= 11 is 6.30. The number of carbonyl (C=O) groups is 2. The molecule has 0 aromatic rings. The van der Waals surface area contributed by atoms with Crippen LogP contribution in [0.15, 0.2) is 11.3 Å². The van der Waals surface area contributed by atoms with Gasteiger partial charge >= 0.3 is 5.97 Å². The Morgan fingerprint density at radius 2 is 2.00 bits per heavy atom. The van der Waals surface area contributed by atoms with Crippen molar-refractivity contribution < 1.29 is 19.4 Å². The molecule has 0 unspecified atom stereocenters. The van der Waals surface area contributed by atoms with E-state index in [2.05, 4.69) is 31.9 Å². The minimum Gasteiger partial charge on any atom is -0.477 e. The number of carboxylic acid groups (broad SMARTS) is 1. The molecule has 1 aliphatic heterocycles. The Labute approximate surface area is 110 Å². The van der Waals surface area contributed by atoms with Gasteiger partial charge in [-0.3, -0.25) is 9.69 Å². The van der Waals surface area contributed by atoms with Crippen LogP contribution in [0.5, 0.6) is 0 Å². The molecule has 1 aliphatic rings. The molecule has 1 N–H and O–H groups in total. The topological polar surface area (TPSA) is 66.8 Å². The first kappa shape index (κ1) is 13.7. The summed E-state index contributed by atoms with van der Waals surface area (Å²) in [6.45, 7) is 3.26. The minimum absolute atomic E-state index is 0.0497. The van der Waals surface area contributed by atoms with Crippen molar-refractivity contribution in [2.24, 2.45) is 0 Å². The molecular weight excluding hydrogens is 346 g/mol. The van der Waals surface area contributed by atoms with Crippen LogP contribution < -0.4 is 0 Å². The van der Waals surface area contributed by atoms with Gasteiger partial charge in [-0.2, -0.15) is 0 Å². The summed E-state index contributed by atoms with van der Waals surface area (Å²) in [4.78, 5) is 23.9. The minimum atomic E-state index is -1.15. The molecule has 1 atom stereocenters. The molecule has 1 rings (SSSR count). The largest absolute Gasteiger partial charge is 0.477 e. The zero-order valence-corrected chi connectivity index (χ0v) is 12.1. The number of nitrogens with zero attached hydrogens (tertiary/aromatic N) is 1. The number of rotatable bonds is 3. The number of amides is 1. The average molecular weight is 357 g/mol. The van der Waals surface area contributed by atoms with Crippen LogP contribution in [-0.2, 0) is 14.3 Å². The van der Waals surface area contributed by atoms with Crippen LogP contribution >= 0.6 is 31.9 Å². The van der Waals surface area contributed by atoms with Crippen molar-refractivity contribution >= 4 is 43.7 Å². The van der Waals surface area contributed by atoms with Crippen molar-refractivity contribution in [1.82, 2.24) is 4.90 Å². The third kappa shape index (κ3) is 1.91. The molecule has 1 amide bonds. The number of carboxylic acids is 1. The molecule has 5 nitrogen and oxygen atoms in total. The second-order valence-electron chi connectivity index (χ2n) is 3.54. The fraction of sp³-hybridized carbons (Fsp3) is 0.556. The van der Waals surface area contributed by atoms with Crippen molar-refractivity contribution in [3.8, 4) is 0 Å². The highest BCUT2D eigenvalue weighted by Crippen LogP contribution is 2.46. The van der Waals surface area contributed by atoms with E-state index in [1.165, 1.54) is 7.11 Å². The maximum Gasteiger partial charge on any atom is 0.352 e. The quantitative estimate of drug-likeness (QED) is 0.474.